The van der Waals surface area contributed by atoms with E-state index in [1.165, 1.54) is 11.8 Å². The zero-order valence-corrected chi connectivity index (χ0v) is 14.3. The lowest BCUT2D eigenvalue weighted by Gasteiger charge is -2.23. The van der Waals surface area contributed by atoms with Gasteiger partial charge in [-0.1, -0.05) is 5.16 Å². The maximum atomic E-state index is 12.0. The van der Waals surface area contributed by atoms with Crippen LogP contribution in [0.4, 0.5) is 5.82 Å². The van der Waals surface area contributed by atoms with E-state index in [-0.39, 0.29) is 36.0 Å². The van der Waals surface area contributed by atoms with Crippen molar-refractivity contribution >= 4 is 41.8 Å². The Morgan fingerprint density at radius 2 is 2.32 bits per heavy atom. The third-order valence-corrected chi connectivity index (χ3v) is 4.25. The van der Waals surface area contributed by atoms with E-state index in [9.17, 15) is 9.59 Å². The van der Waals surface area contributed by atoms with Gasteiger partial charge in [-0.15, -0.1) is 24.2 Å². The molecular formula is C13H21ClN4O3S. The number of carbonyl (C=O) groups is 2. The second-order valence-corrected chi connectivity index (χ2v) is 6.00. The first kappa shape index (κ1) is 18.8. The van der Waals surface area contributed by atoms with Gasteiger partial charge >= 0.3 is 0 Å². The van der Waals surface area contributed by atoms with E-state index in [0.29, 0.717) is 17.3 Å². The summed E-state index contributed by atoms with van der Waals surface area (Å²) >= 11 is 1.30. The maximum absolute atomic E-state index is 12.0. The molecular weight excluding hydrogens is 328 g/mol. The lowest BCUT2D eigenvalue weighted by molar-refractivity contribution is -0.128. The van der Waals surface area contributed by atoms with Gasteiger partial charge in [0, 0.05) is 25.7 Å². The second-order valence-electron chi connectivity index (χ2n) is 5.02. The molecule has 0 aliphatic carbocycles. The molecule has 1 aliphatic heterocycles. The fraction of sp³-hybridized carbons (Fsp3) is 0.615. The highest BCUT2D eigenvalue weighted by atomic mass is 35.5. The van der Waals surface area contributed by atoms with Crippen molar-refractivity contribution in [3.05, 3.63) is 11.8 Å². The summed E-state index contributed by atoms with van der Waals surface area (Å²) < 4.78 is 4.86. The number of rotatable bonds is 6. The van der Waals surface area contributed by atoms with Crippen LogP contribution in [0.5, 0.6) is 0 Å². The van der Waals surface area contributed by atoms with Crippen molar-refractivity contribution in [2.45, 2.75) is 19.4 Å². The molecule has 0 saturated carbocycles. The molecule has 2 heterocycles. The number of halogens is 1. The highest BCUT2D eigenvalue weighted by molar-refractivity contribution is 8.00. The summed E-state index contributed by atoms with van der Waals surface area (Å²) in [6, 6.07) is 1.92. The molecule has 0 bridgehead atoms. The predicted octanol–water partition coefficient (Wildman–Crippen LogP) is 0.897. The topological polar surface area (TPSA) is 87.5 Å². The molecule has 9 heteroatoms. The molecule has 1 aliphatic rings. The summed E-state index contributed by atoms with van der Waals surface area (Å²) in [5.74, 6) is 1.43. The first-order valence-corrected chi connectivity index (χ1v) is 7.99. The van der Waals surface area contributed by atoms with Crippen molar-refractivity contribution < 1.29 is 14.1 Å². The van der Waals surface area contributed by atoms with E-state index in [1.807, 2.05) is 7.05 Å². The number of aromatic nitrogens is 1. The lowest BCUT2D eigenvalue weighted by Crippen LogP contribution is -2.39. The number of aryl methyl sites for hydroxylation is 1. The average Bonchev–Trinajstić information content (AvgIpc) is 3.09. The third-order valence-electron chi connectivity index (χ3n) is 3.33. The van der Waals surface area contributed by atoms with Crippen molar-refractivity contribution in [3.8, 4) is 0 Å². The Kier molecular flexibility index (Phi) is 7.70. The van der Waals surface area contributed by atoms with Gasteiger partial charge < -0.3 is 20.1 Å². The van der Waals surface area contributed by atoms with Crippen LogP contribution in [0, 0.1) is 6.92 Å². The van der Waals surface area contributed by atoms with Gasteiger partial charge in [-0.25, -0.2) is 0 Å². The Labute approximate surface area is 139 Å². The monoisotopic (exact) mass is 348 g/mol. The number of nitrogens with zero attached hydrogens (tertiary/aromatic N) is 2. The fourth-order valence-corrected chi connectivity index (χ4v) is 2.85. The Balaban J connectivity index is 0.00000242. The van der Waals surface area contributed by atoms with E-state index >= 15 is 0 Å². The molecule has 0 aromatic carbocycles. The fourth-order valence-electron chi connectivity index (χ4n) is 2.11. The first-order chi connectivity index (χ1) is 10.1. The van der Waals surface area contributed by atoms with Crippen molar-refractivity contribution in [3.63, 3.8) is 0 Å². The Morgan fingerprint density at radius 3 is 2.91 bits per heavy atom. The van der Waals surface area contributed by atoms with Crippen LogP contribution in [0.15, 0.2) is 10.6 Å². The molecule has 22 heavy (non-hydrogen) atoms. The Bertz CT molecular complexity index is 505. The Morgan fingerprint density at radius 1 is 1.55 bits per heavy atom. The van der Waals surface area contributed by atoms with Crippen LogP contribution < -0.4 is 10.6 Å². The predicted molar refractivity (Wildman–Crippen MR) is 88.5 cm³/mol. The normalized spacial score (nSPS) is 16.9. The Hall–Kier alpha value is -1.25. The van der Waals surface area contributed by atoms with Gasteiger partial charge in [0.1, 0.15) is 5.76 Å². The number of amides is 2. The quantitative estimate of drug-likeness (QED) is 0.794. The van der Waals surface area contributed by atoms with Gasteiger partial charge in [-0.05, 0) is 19.9 Å². The molecule has 1 aromatic rings. The minimum Gasteiger partial charge on any atom is -0.360 e. The summed E-state index contributed by atoms with van der Waals surface area (Å²) in [6.45, 7) is 3.55. The minimum absolute atomic E-state index is 0. The summed E-state index contributed by atoms with van der Waals surface area (Å²) in [5, 5.41) is 9.53. The van der Waals surface area contributed by atoms with Crippen LogP contribution >= 0.6 is 24.2 Å². The van der Waals surface area contributed by atoms with Crippen molar-refractivity contribution in [1.29, 1.82) is 0 Å². The molecule has 1 atom stereocenters. The van der Waals surface area contributed by atoms with Crippen molar-refractivity contribution in [2.75, 3.05) is 37.0 Å². The van der Waals surface area contributed by atoms with Gasteiger partial charge in [0.15, 0.2) is 5.82 Å². The second kappa shape index (κ2) is 9.02. The van der Waals surface area contributed by atoms with E-state index in [2.05, 4.69) is 15.8 Å². The molecule has 2 N–H and O–H groups in total. The highest BCUT2D eigenvalue weighted by Crippen LogP contribution is 2.11. The number of nitrogens with one attached hydrogen (secondary N) is 2. The number of anilines is 1. The van der Waals surface area contributed by atoms with Crippen LogP contribution in [-0.4, -0.2) is 59.6 Å². The van der Waals surface area contributed by atoms with Gasteiger partial charge in [-0.3, -0.25) is 9.59 Å². The van der Waals surface area contributed by atoms with Crippen LogP contribution in [0.3, 0.4) is 0 Å². The number of thioether (sulfide) groups is 1. The zero-order chi connectivity index (χ0) is 15.2. The first-order valence-electron chi connectivity index (χ1n) is 6.83. The number of carbonyl (C=O) groups excluding carboxylic acids is 2. The maximum Gasteiger partial charge on any atom is 0.235 e. The van der Waals surface area contributed by atoms with Crippen LogP contribution in [0.1, 0.15) is 12.2 Å². The van der Waals surface area contributed by atoms with Gasteiger partial charge in [0.25, 0.3) is 0 Å². The van der Waals surface area contributed by atoms with Crippen LogP contribution in [0.2, 0.25) is 0 Å². The largest absolute Gasteiger partial charge is 0.360 e. The number of likely N-dealkylation sites (N-methyl/N-ethyl adjacent to an activating group) is 1. The van der Waals surface area contributed by atoms with E-state index in [4.69, 9.17) is 4.52 Å². The summed E-state index contributed by atoms with van der Waals surface area (Å²) in [6.07, 6.45) is 0.985. The highest BCUT2D eigenvalue weighted by Gasteiger charge is 2.22. The van der Waals surface area contributed by atoms with Crippen LogP contribution in [-0.2, 0) is 9.59 Å². The molecule has 1 aromatic heterocycles. The average molecular weight is 349 g/mol. The zero-order valence-electron chi connectivity index (χ0n) is 12.6. The van der Waals surface area contributed by atoms with Gasteiger partial charge in [-0.2, -0.15) is 0 Å². The molecule has 0 radical (unpaired) electrons. The molecule has 1 unspecified atom stereocenters. The van der Waals surface area contributed by atoms with E-state index < -0.39 is 0 Å². The standard InChI is InChI=1S/C13H20N4O3S.ClH/c1-9-5-11(16-20-9)15-12(18)7-21-8-13(19)17(2)10-3-4-14-6-10;/h5,10,14H,3-4,6-8H2,1-2H3,(H,15,16,18);1H. The molecule has 0 spiro atoms. The minimum atomic E-state index is -0.189. The number of hydrogen-bond acceptors (Lipinski definition) is 6. The molecule has 2 amide bonds. The van der Waals surface area contributed by atoms with E-state index in [1.54, 1.807) is 17.9 Å². The summed E-state index contributed by atoms with van der Waals surface area (Å²) in [5.41, 5.74) is 0. The van der Waals surface area contributed by atoms with Crippen molar-refractivity contribution in [2.24, 2.45) is 0 Å². The van der Waals surface area contributed by atoms with Crippen LogP contribution in [0.25, 0.3) is 0 Å². The van der Waals surface area contributed by atoms with Crippen molar-refractivity contribution in [1.82, 2.24) is 15.4 Å². The molecule has 1 saturated heterocycles. The SMILES string of the molecule is Cc1cc(NC(=O)CSCC(=O)N(C)C2CCNC2)no1.Cl. The molecule has 2 rings (SSSR count). The van der Waals surface area contributed by atoms with Gasteiger partial charge in [0.05, 0.1) is 11.5 Å². The smallest absolute Gasteiger partial charge is 0.235 e. The van der Waals surface area contributed by atoms with E-state index in [0.717, 1.165) is 19.5 Å². The molecule has 7 nitrogen and oxygen atoms in total. The lowest BCUT2D eigenvalue weighted by atomic mass is 10.2. The summed E-state index contributed by atoms with van der Waals surface area (Å²) in [7, 11) is 1.82. The molecule has 124 valence electrons. The number of hydrogen-bond donors (Lipinski definition) is 2. The third kappa shape index (κ3) is 5.51. The summed E-state index contributed by atoms with van der Waals surface area (Å²) in [4.78, 5) is 25.4. The molecule has 1 fully saturated rings. The van der Waals surface area contributed by atoms with Gasteiger partial charge in [0.2, 0.25) is 11.8 Å².